The SMILES string of the molecule is CC1=C(C(=O)Nc2ccc(C)cn2)C(c2ccc(Cl)c([N+](=O)[O-])c2)C2=C(CCCC2=O)N1. The summed E-state index contributed by atoms with van der Waals surface area (Å²) >= 11 is 6.01. The van der Waals surface area contributed by atoms with Crippen LogP contribution in [0.5, 0.6) is 0 Å². The number of nitrogens with zero attached hydrogens (tertiary/aromatic N) is 2. The van der Waals surface area contributed by atoms with Crippen LogP contribution in [0.1, 0.15) is 43.2 Å². The fourth-order valence-electron chi connectivity index (χ4n) is 4.19. The quantitative estimate of drug-likeness (QED) is 0.519. The maximum absolute atomic E-state index is 13.4. The van der Waals surface area contributed by atoms with E-state index in [4.69, 9.17) is 11.6 Å². The lowest BCUT2D eigenvalue weighted by atomic mass is 9.75. The fraction of sp³-hybridized carbons (Fsp3) is 0.261. The second-order valence-electron chi connectivity index (χ2n) is 7.91. The maximum Gasteiger partial charge on any atom is 0.288 e. The van der Waals surface area contributed by atoms with Gasteiger partial charge in [0.15, 0.2) is 5.78 Å². The lowest BCUT2D eigenvalue weighted by Gasteiger charge is -2.34. The zero-order chi connectivity index (χ0) is 23.0. The first kappa shape index (κ1) is 21.7. The van der Waals surface area contributed by atoms with Crippen molar-refractivity contribution in [3.8, 4) is 0 Å². The highest BCUT2D eigenvalue weighted by Gasteiger charge is 2.39. The molecule has 1 aliphatic heterocycles. The van der Waals surface area contributed by atoms with Crippen molar-refractivity contribution in [3.05, 3.63) is 85.3 Å². The number of benzene rings is 1. The molecule has 1 unspecified atom stereocenters. The summed E-state index contributed by atoms with van der Waals surface area (Å²) in [6.45, 7) is 3.65. The minimum Gasteiger partial charge on any atom is -0.362 e. The molecule has 2 heterocycles. The molecule has 0 saturated heterocycles. The van der Waals surface area contributed by atoms with Crippen LogP contribution in [0.3, 0.4) is 0 Å². The summed E-state index contributed by atoms with van der Waals surface area (Å²) in [6.07, 6.45) is 3.38. The van der Waals surface area contributed by atoms with E-state index < -0.39 is 16.7 Å². The Morgan fingerprint density at radius 1 is 1.25 bits per heavy atom. The van der Waals surface area contributed by atoms with Gasteiger partial charge in [0.05, 0.1) is 4.92 Å². The van der Waals surface area contributed by atoms with Gasteiger partial charge in [-0.15, -0.1) is 0 Å². The van der Waals surface area contributed by atoms with E-state index in [0.717, 1.165) is 11.3 Å². The number of aromatic nitrogens is 1. The Morgan fingerprint density at radius 2 is 2.03 bits per heavy atom. The molecule has 32 heavy (non-hydrogen) atoms. The molecule has 9 heteroatoms. The minimum atomic E-state index is -0.750. The number of nitro groups is 1. The predicted molar refractivity (Wildman–Crippen MR) is 120 cm³/mol. The van der Waals surface area contributed by atoms with Crippen LogP contribution in [-0.4, -0.2) is 21.6 Å². The maximum atomic E-state index is 13.4. The van der Waals surface area contributed by atoms with Gasteiger partial charge < -0.3 is 10.6 Å². The molecule has 1 amide bonds. The molecule has 0 bridgehead atoms. The number of anilines is 1. The van der Waals surface area contributed by atoms with Crippen molar-refractivity contribution in [3.63, 3.8) is 0 Å². The van der Waals surface area contributed by atoms with E-state index in [9.17, 15) is 19.7 Å². The Labute approximate surface area is 189 Å². The van der Waals surface area contributed by atoms with Gasteiger partial charge in [0.2, 0.25) is 0 Å². The number of ketones is 1. The highest BCUT2D eigenvalue weighted by atomic mass is 35.5. The van der Waals surface area contributed by atoms with Gasteiger partial charge >= 0.3 is 0 Å². The van der Waals surface area contributed by atoms with Gasteiger partial charge in [0.1, 0.15) is 10.8 Å². The van der Waals surface area contributed by atoms with E-state index in [1.54, 1.807) is 25.3 Å². The lowest BCUT2D eigenvalue weighted by Crippen LogP contribution is -2.35. The number of aryl methyl sites for hydroxylation is 1. The van der Waals surface area contributed by atoms with E-state index in [2.05, 4.69) is 15.6 Å². The molecule has 0 spiro atoms. The van der Waals surface area contributed by atoms with Crippen molar-refractivity contribution < 1.29 is 14.5 Å². The van der Waals surface area contributed by atoms with Crippen LogP contribution in [0.4, 0.5) is 11.5 Å². The van der Waals surface area contributed by atoms with E-state index in [-0.39, 0.29) is 16.5 Å². The van der Waals surface area contributed by atoms with Crippen LogP contribution in [0.15, 0.2) is 59.1 Å². The van der Waals surface area contributed by atoms with Crippen molar-refractivity contribution in [1.82, 2.24) is 10.3 Å². The number of carbonyl (C=O) groups is 2. The number of nitro benzene ring substituents is 1. The highest BCUT2D eigenvalue weighted by molar-refractivity contribution is 6.32. The largest absolute Gasteiger partial charge is 0.362 e. The molecule has 1 atom stereocenters. The average Bonchev–Trinajstić information content (AvgIpc) is 2.74. The highest BCUT2D eigenvalue weighted by Crippen LogP contribution is 2.43. The third-order valence-corrected chi connectivity index (χ3v) is 5.99. The summed E-state index contributed by atoms with van der Waals surface area (Å²) in [5.41, 5.74) is 3.28. The van der Waals surface area contributed by atoms with Gasteiger partial charge in [-0.3, -0.25) is 19.7 Å². The van der Waals surface area contributed by atoms with Gasteiger partial charge in [-0.25, -0.2) is 4.98 Å². The molecule has 8 nitrogen and oxygen atoms in total. The molecule has 1 aromatic heterocycles. The molecule has 0 radical (unpaired) electrons. The number of carbonyl (C=O) groups excluding carboxylic acids is 2. The first-order valence-corrected chi connectivity index (χ1v) is 10.6. The van der Waals surface area contributed by atoms with E-state index >= 15 is 0 Å². The van der Waals surface area contributed by atoms with Crippen LogP contribution in [0, 0.1) is 17.0 Å². The van der Waals surface area contributed by atoms with Gasteiger partial charge in [0, 0.05) is 47.1 Å². The monoisotopic (exact) mass is 452 g/mol. The van der Waals surface area contributed by atoms with Gasteiger partial charge in [0.25, 0.3) is 11.6 Å². The van der Waals surface area contributed by atoms with Crippen molar-refractivity contribution in [2.24, 2.45) is 0 Å². The molecule has 1 aliphatic carbocycles. The number of pyridine rings is 1. The standard InChI is InChI=1S/C23H21ClN4O4/c1-12-6-9-19(25-11-12)27-23(30)20-13(2)26-16-4-3-5-18(29)22(16)21(20)14-7-8-15(24)17(10-14)28(31)32/h6-11,21,26H,3-5H2,1-2H3,(H,25,27,30). The van der Waals surface area contributed by atoms with Crippen LogP contribution in [0.2, 0.25) is 5.02 Å². The molecule has 164 valence electrons. The van der Waals surface area contributed by atoms with Crippen molar-refractivity contribution >= 4 is 34.8 Å². The van der Waals surface area contributed by atoms with Crippen LogP contribution < -0.4 is 10.6 Å². The molecule has 2 aromatic rings. The summed E-state index contributed by atoms with van der Waals surface area (Å²) in [5, 5.41) is 17.5. The number of amides is 1. The zero-order valence-corrected chi connectivity index (χ0v) is 18.3. The number of allylic oxidation sites excluding steroid dienone is 3. The molecule has 0 fully saturated rings. The van der Waals surface area contributed by atoms with E-state index in [1.807, 2.05) is 13.0 Å². The fourth-order valence-corrected chi connectivity index (χ4v) is 4.38. The second kappa shape index (κ2) is 8.55. The van der Waals surface area contributed by atoms with Crippen molar-refractivity contribution in [1.29, 1.82) is 0 Å². The molecular formula is C23H21ClN4O4. The molecule has 1 aromatic carbocycles. The smallest absolute Gasteiger partial charge is 0.288 e. The third-order valence-electron chi connectivity index (χ3n) is 5.67. The topological polar surface area (TPSA) is 114 Å². The number of nitrogens with one attached hydrogen (secondary N) is 2. The number of dihydropyridines is 1. The summed E-state index contributed by atoms with van der Waals surface area (Å²) in [5.74, 6) is -0.886. The first-order valence-electron chi connectivity index (χ1n) is 10.2. The first-order chi connectivity index (χ1) is 15.3. The third kappa shape index (κ3) is 4.01. The number of hydrogen-bond donors (Lipinski definition) is 2. The number of halogens is 1. The lowest BCUT2D eigenvalue weighted by molar-refractivity contribution is -0.384. The second-order valence-corrected chi connectivity index (χ2v) is 8.32. The summed E-state index contributed by atoms with van der Waals surface area (Å²) in [7, 11) is 0. The molecule has 2 aliphatic rings. The normalized spacial score (nSPS) is 18.2. The van der Waals surface area contributed by atoms with Gasteiger partial charge in [-0.1, -0.05) is 23.7 Å². The minimum absolute atomic E-state index is 0.00702. The average molecular weight is 453 g/mol. The summed E-state index contributed by atoms with van der Waals surface area (Å²) in [6, 6.07) is 7.92. The number of Topliss-reactive ketones (excluding diaryl/α,β-unsaturated/α-hetero) is 1. The predicted octanol–water partition coefficient (Wildman–Crippen LogP) is 4.56. The van der Waals surface area contributed by atoms with Crippen LogP contribution in [0.25, 0.3) is 0 Å². The molecule has 0 saturated carbocycles. The zero-order valence-electron chi connectivity index (χ0n) is 17.6. The molecule has 4 rings (SSSR count). The molecule has 2 N–H and O–H groups in total. The number of hydrogen-bond acceptors (Lipinski definition) is 6. The van der Waals surface area contributed by atoms with E-state index in [1.165, 1.54) is 12.1 Å². The summed E-state index contributed by atoms with van der Waals surface area (Å²) in [4.78, 5) is 41.4. The van der Waals surface area contributed by atoms with Crippen LogP contribution in [-0.2, 0) is 9.59 Å². The molecular weight excluding hydrogens is 432 g/mol. The Balaban J connectivity index is 1.83. The van der Waals surface area contributed by atoms with Gasteiger partial charge in [-0.2, -0.15) is 0 Å². The Morgan fingerprint density at radius 3 is 2.72 bits per heavy atom. The Hall–Kier alpha value is -3.52. The van der Waals surface area contributed by atoms with Crippen molar-refractivity contribution in [2.75, 3.05) is 5.32 Å². The van der Waals surface area contributed by atoms with Crippen LogP contribution >= 0.6 is 11.6 Å². The van der Waals surface area contributed by atoms with Crippen molar-refractivity contribution in [2.45, 2.75) is 39.0 Å². The summed E-state index contributed by atoms with van der Waals surface area (Å²) < 4.78 is 0. The Bertz CT molecular complexity index is 1200. The number of rotatable bonds is 4. The Kier molecular flexibility index (Phi) is 5.80. The van der Waals surface area contributed by atoms with E-state index in [0.29, 0.717) is 47.5 Å². The van der Waals surface area contributed by atoms with Gasteiger partial charge in [-0.05, 0) is 49.9 Å².